The van der Waals surface area contributed by atoms with Crippen LogP contribution >= 0.6 is 11.3 Å². The van der Waals surface area contributed by atoms with Gasteiger partial charge in [0.15, 0.2) is 0 Å². The minimum atomic E-state index is 0.778. The van der Waals surface area contributed by atoms with Gasteiger partial charge in [0.1, 0.15) is 0 Å². The zero-order valence-electron chi connectivity index (χ0n) is 11.4. The van der Waals surface area contributed by atoms with Crippen molar-refractivity contribution in [3.05, 3.63) is 51.5 Å². The molecule has 2 nitrogen and oxygen atoms in total. The first kappa shape index (κ1) is 12.8. The molecule has 1 aliphatic carbocycles. The predicted octanol–water partition coefficient (Wildman–Crippen LogP) is 3.87. The van der Waals surface area contributed by atoms with Gasteiger partial charge in [-0.3, -0.25) is 0 Å². The normalized spacial score (nSPS) is 14.8. The fourth-order valence-corrected chi connectivity index (χ4v) is 3.14. The molecule has 19 heavy (non-hydrogen) atoms. The molecule has 0 bridgehead atoms. The smallest absolute Gasteiger partial charge is 0.0959 e. The Morgan fingerprint density at radius 2 is 1.89 bits per heavy atom. The summed E-state index contributed by atoms with van der Waals surface area (Å²) in [6, 6.07) is 8.85. The van der Waals surface area contributed by atoms with Gasteiger partial charge in [-0.2, -0.15) is 0 Å². The van der Waals surface area contributed by atoms with Crippen molar-refractivity contribution in [3.63, 3.8) is 0 Å². The van der Waals surface area contributed by atoms with Gasteiger partial charge < -0.3 is 5.32 Å². The van der Waals surface area contributed by atoms with Gasteiger partial charge in [0.25, 0.3) is 0 Å². The number of benzene rings is 1. The first-order chi connectivity index (χ1) is 9.35. The molecule has 2 aromatic rings. The number of aryl methyl sites for hydroxylation is 1. The van der Waals surface area contributed by atoms with Crippen LogP contribution in [-0.4, -0.2) is 4.98 Å². The third kappa shape index (κ3) is 3.43. The van der Waals surface area contributed by atoms with Crippen LogP contribution in [0.5, 0.6) is 0 Å². The van der Waals surface area contributed by atoms with Gasteiger partial charge in [-0.15, -0.1) is 11.3 Å². The first-order valence-corrected chi connectivity index (χ1v) is 7.96. The van der Waals surface area contributed by atoms with Crippen LogP contribution in [0.4, 0.5) is 0 Å². The number of aromatic nitrogens is 1. The Morgan fingerprint density at radius 1 is 1.16 bits per heavy atom. The Balaban J connectivity index is 1.48. The summed E-state index contributed by atoms with van der Waals surface area (Å²) in [4.78, 5) is 4.69. The molecule has 0 aliphatic heterocycles. The van der Waals surface area contributed by atoms with Crippen LogP contribution in [0.2, 0.25) is 0 Å². The molecular formula is C16H20N2S. The highest BCUT2D eigenvalue weighted by Gasteiger charge is 2.26. The van der Waals surface area contributed by atoms with E-state index in [1.807, 2.05) is 11.3 Å². The number of nitrogens with zero attached hydrogens (tertiary/aromatic N) is 1. The van der Waals surface area contributed by atoms with Gasteiger partial charge in [0, 0.05) is 24.4 Å². The SMILES string of the molecule is CCc1ccc(CNCc2csc(C3CC3)n2)cc1. The molecule has 0 radical (unpaired) electrons. The molecule has 1 aromatic carbocycles. The van der Waals surface area contributed by atoms with Gasteiger partial charge in [-0.25, -0.2) is 4.98 Å². The summed E-state index contributed by atoms with van der Waals surface area (Å²) in [5, 5.41) is 7.00. The van der Waals surface area contributed by atoms with E-state index in [4.69, 9.17) is 0 Å². The summed E-state index contributed by atoms with van der Waals surface area (Å²) >= 11 is 1.82. The van der Waals surface area contributed by atoms with Gasteiger partial charge in [-0.05, 0) is 30.4 Å². The molecule has 1 fully saturated rings. The Kier molecular flexibility index (Phi) is 3.95. The lowest BCUT2D eigenvalue weighted by Gasteiger charge is -2.04. The van der Waals surface area contributed by atoms with Crippen molar-refractivity contribution in [2.75, 3.05) is 0 Å². The van der Waals surface area contributed by atoms with Crippen LogP contribution in [0, 0.1) is 0 Å². The van der Waals surface area contributed by atoms with Crippen molar-refractivity contribution in [2.45, 2.75) is 45.2 Å². The highest BCUT2D eigenvalue weighted by atomic mass is 32.1. The van der Waals surface area contributed by atoms with E-state index in [0.29, 0.717) is 0 Å². The van der Waals surface area contributed by atoms with Crippen LogP contribution in [0.1, 0.15) is 47.5 Å². The molecule has 1 N–H and O–H groups in total. The quantitative estimate of drug-likeness (QED) is 0.863. The second kappa shape index (κ2) is 5.85. The number of thiazole rings is 1. The summed E-state index contributed by atoms with van der Waals surface area (Å²) < 4.78 is 0. The second-order valence-corrected chi connectivity index (χ2v) is 6.11. The van der Waals surface area contributed by atoms with E-state index in [9.17, 15) is 0 Å². The van der Waals surface area contributed by atoms with E-state index < -0.39 is 0 Å². The zero-order valence-corrected chi connectivity index (χ0v) is 12.2. The summed E-state index contributed by atoms with van der Waals surface area (Å²) in [5.74, 6) is 0.778. The van der Waals surface area contributed by atoms with E-state index in [-0.39, 0.29) is 0 Å². The number of nitrogens with one attached hydrogen (secondary N) is 1. The lowest BCUT2D eigenvalue weighted by molar-refractivity contribution is 0.680. The Bertz CT molecular complexity index is 526. The Hall–Kier alpha value is -1.19. The van der Waals surface area contributed by atoms with Crippen LogP contribution in [0.25, 0.3) is 0 Å². The molecule has 0 saturated heterocycles. The van der Waals surface area contributed by atoms with E-state index >= 15 is 0 Å². The molecule has 3 heteroatoms. The van der Waals surface area contributed by atoms with Gasteiger partial charge in [-0.1, -0.05) is 31.2 Å². The van der Waals surface area contributed by atoms with Crippen LogP contribution in [-0.2, 0) is 19.5 Å². The lowest BCUT2D eigenvalue weighted by atomic mass is 10.1. The van der Waals surface area contributed by atoms with Crippen molar-refractivity contribution in [2.24, 2.45) is 0 Å². The van der Waals surface area contributed by atoms with E-state index in [2.05, 4.69) is 46.9 Å². The van der Waals surface area contributed by atoms with Crippen molar-refractivity contribution in [1.29, 1.82) is 0 Å². The molecule has 0 unspecified atom stereocenters. The largest absolute Gasteiger partial charge is 0.307 e. The lowest BCUT2D eigenvalue weighted by Crippen LogP contribution is -2.12. The van der Waals surface area contributed by atoms with Gasteiger partial charge >= 0.3 is 0 Å². The molecule has 0 amide bonds. The molecule has 1 aliphatic rings. The van der Waals surface area contributed by atoms with Crippen molar-refractivity contribution < 1.29 is 0 Å². The monoisotopic (exact) mass is 272 g/mol. The van der Waals surface area contributed by atoms with Crippen LogP contribution in [0.15, 0.2) is 29.6 Å². The van der Waals surface area contributed by atoms with E-state index in [1.165, 1.54) is 34.7 Å². The highest BCUT2D eigenvalue weighted by molar-refractivity contribution is 7.09. The average molecular weight is 272 g/mol. The van der Waals surface area contributed by atoms with Crippen molar-refractivity contribution in [3.8, 4) is 0 Å². The van der Waals surface area contributed by atoms with Gasteiger partial charge in [0.05, 0.1) is 10.7 Å². The molecule has 1 heterocycles. The number of hydrogen-bond acceptors (Lipinski definition) is 3. The predicted molar refractivity (Wildman–Crippen MR) is 80.5 cm³/mol. The third-order valence-electron chi connectivity index (χ3n) is 3.56. The van der Waals surface area contributed by atoms with E-state index in [0.717, 1.165) is 25.4 Å². The summed E-state index contributed by atoms with van der Waals surface area (Å²) in [6.07, 6.45) is 3.78. The highest BCUT2D eigenvalue weighted by Crippen LogP contribution is 2.41. The molecule has 100 valence electrons. The molecule has 1 saturated carbocycles. The van der Waals surface area contributed by atoms with Crippen molar-refractivity contribution in [1.82, 2.24) is 10.3 Å². The molecule has 0 atom stereocenters. The third-order valence-corrected chi connectivity index (χ3v) is 4.62. The van der Waals surface area contributed by atoms with E-state index in [1.54, 1.807) is 0 Å². The molecule has 0 spiro atoms. The summed E-state index contributed by atoms with van der Waals surface area (Å²) in [6.45, 7) is 3.98. The topological polar surface area (TPSA) is 24.9 Å². The molecular weight excluding hydrogens is 252 g/mol. The average Bonchev–Trinajstić information content (AvgIpc) is 3.20. The maximum Gasteiger partial charge on any atom is 0.0959 e. The molecule has 3 rings (SSSR count). The second-order valence-electron chi connectivity index (χ2n) is 5.22. The standard InChI is InChI=1S/C16H20N2S/c1-2-12-3-5-13(6-4-12)9-17-10-15-11-19-16(18-15)14-7-8-14/h3-6,11,14,17H,2,7-10H2,1H3. The number of hydrogen-bond donors (Lipinski definition) is 1. The Labute approximate surface area is 118 Å². The van der Waals surface area contributed by atoms with Crippen molar-refractivity contribution >= 4 is 11.3 Å². The van der Waals surface area contributed by atoms with Gasteiger partial charge in [0.2, 0.25) is 0 Å². The summed E-state index contributed by atoms with van der Waals surface area (Å²) in [7, 11) is 0. The Morgan fingerprint density at radius 3 is 2.58 bits per heavy atom. The fourth-order valence-electron chi connectivity index (χ4n) is 2.15. The minimum absolute atomic E-state index is 0.778. The van der Waals surface area contributed by atoms with Crippen LogP contribution in [0.3, 0.4) is 0 Å². The maximum atomic E-state index is 4.69. The maximum absolute atomic E-state index is 4.69. The number of rotatable bonds is 6. The molecule has 1 aromatic heterocycles. The minimum Gasteiger partial charge on any atom is -0.307 e. The zero-order chi connectivity index (χ0) is 13.1. The summed E-state index contributed by atoms with van der Waals surface area (Å²) in [5.41, 5.74) is 3.93. The first-order valence-electron chi connectivity index (χ1n) is 7.08. The van der Waals surface area contributed by atoms with Crippen LogP contribution < -0.4 is 5.32 Å². The fraction of sp³-hybridized carbons (Fsp3) is 0.438.